The zero-order valence-electron chi connectivity index (χ0n) is 16.1. The largest absolute Gasteiger partial charge is 0.341 e. The summed E-state index contributed by atoms with van der Waals surface area (Å²) in [7, 11) is 0. The number of aryl methyl sites for hydroxylation is 1. The molecule has 142 valence electrons. The molecule has 1 aromatic carbocycles. The fourth-order valence-corrected chi connectivity index (χ4v) is 4.90. The highest BCUT2D eigenvalue weighted by Crippen LogP contribution is 2.55. The highest BCUT2D eigenvalue weighted by atomic mass is 16.2. The van der Waals surface area contributed by atoms with Crippen LogP contribution >= 0.6 is 0 Å². The average Bonchev–Trinajstić information content (AvgIpc) is 3.16. The zero-order chi connectivity index (χ0) is 18.4. The van der Waals surface area contributed by atoms with Crippen LogP contribution in [0, 0.1) is 18.3 Å². The van der Waals surface area contributed by atoms with E-state index in [9.17, 15) is 4.79 Å². The second-order valence-electron chi connectivity index (χ2n) is 8.99. The van der Waals surface area contributed by atoms with Crippen molar-refractivity contribution in [2.24, 2.45) is 11.3 Å². The summed E-state index contributed by atoms with van der Waals surface area (Å²) >= 11 is 0. The van der Waals surface area contributed by atoms with E-state index in [2.05, 4.69) is 50.9 Å². The smallest absolute Gasteiger partial charge is 0.227 e. The van der Waals surface area contributed by atoms with Crippen molar-refractivity contribution < 1.29 is 4.79 Å². The van der Waals surface area contributed by atoms with Crippen LogP contribution in [-0.4, -0.2) is 38.7 Å². The molecule has 3 aliphatic rings. The summed E-state index contributed by atoms with van der Waals surface area (Å²) < 4.78 is 2.27. The summed E-state index contributed by atoms with van der Waals surface area (Å²) in [5.74, 6) is 2.51. The zero-order valence-corrected chi connectivity index (χ0v) is 16.1. The van der Waals surface area contributed by atoms with Gasteiger partial charge in [-0.05, 0) is 49.5 Å². The van der Waals surface area contributed by atoms with Crippen molar-refractivity contribution in [1.29, 1.82) is 0 Å². The molecule has 2 saturated carbocycles. The molecule has 27 heavy (non-hydrogen) atoms. The molecule has 3 fully saturated rings. The van der Waals surface area contributed by atoms with E-state index in [-0.39, 0.29) is 11.3 Å². The molecule has 0 radical (unpaired) electrons. The first-order valence-corrected chi connectivity index (χ1v) is 10.3. The van der Waals surface area contributed by atoms with Crippen molar-refractivity contribution in [2.45, 2.75) is 57.9 Å². The number of likely N-dealkylation sites (tertiary alicyclic amines) is 1. The molecule has 1 amide bonds. The highest BCUT2D eigenvalue weighted by Gasteiger charge is 2.53. The third-order valence-corrected chi connectivity index (χ3v) is 6.93. The Balaban J connectivity index is 1.34. The average molecular weight is 364 g/mol. The first kappa shape index (κ1) is 17.0. The van der Waals surface area contributed by atoms with Crippen LogP contribution in [0.2, 0.25) is 0 Å². The van der Waals surface area contributed by atoms with Crippen molar-refractivity contribution in [3.8, 4) is 0 Å². The first-order chi connectivity index (χ1) is 13.1. The molecule has 1 spiro atoms. The third-order valence-electron chi connectivity index (χ3n) is 6.93. The van der Waals surface area contributed by atoms with Crippen LogP contribution < -0.4 is 0 Å². The molecule has 1 unspecified atom stereocenters. The van der Waals surface area contributed by atoms with Gasteiger partial charge in [0.25, 0.3) is 0 Å². The van der Waals surface area contributed by atoms with Gasteiger partial charge < -0.3 is 9.47 Å². The second kappa shape index (κ2) is 6.47. The Kier molecular flexibility index (Phi) is 4.06. The van der Waals surface area contributed by atoms with Crippen LogP contribution in [0.3, 0.4) is 0 Å². The SMILES string of the molecule is Cc1ccc(CC(=O)N2CC(c3nncn3CC3CC3)C3(CCC3)C2)cc1. The maximum atomic E-state index is 13.0. The summed E-state index contributed by atoms with van der Waals surface area (Å²) in [4.78, 5) is 15.1. The van der Waals surface area contributed by atoms with E-state index in [0.29, 0.717) is 12.3 Å². The predicted molar refractivity (Wildman–Crippen MR) is 103 cm³/mol. The lowest BCUT2D eigenvalue weighted by atomic mass is 9.62. The van der Waals surface area contributed by atoms with E-state index in [1.54, 1.807) is 0 Å². The van der Waals surface area contributed by atoms with Gasteiger partial charge in [-0.1, -0.05) is 36.2 Å². The van der Waals surface area contributed by atoms with Crippen molar-refractivity contribution in [3.05, 3.63) is 47.5 Å². The summed E-state index contributed by atoms with van der Waals surface area (Å²) in [6.45, 7) is 4.81. The van der Waals surface area contributed by atoms with Gasteiger partial charge in [0.05, 0.1) is 6.42 Å². The summed E-state index contributed by atoms with van der Waals surface area (Å²) in [6.07, 6.45) is 8.75. The van der Waals surface area contributed by atoms with Crippen LogP contribution in [0.15, 0.2) is 30.6 Å². The maximum Gasteiger partial charge on any atom is 0.227 e. The van der Waals surface area contributed by atoms with Gasteiger partial charge in [-0.3, -0.25) is 4.79 Å². The van der Waals surface area contributed by atoms with E-state index >= 15 is 0 Å². The molecule has 5 nitrogen and oxygen atoms in total. The Morgan fingerprint density at radius 1 is 1.22 bits per heavy atom. The number of nitrogens with zero attached hydrogens (tertiary/aromatic N) is 4. The Hall–Kier alpha value is -2.17. The number of amides is 1. The van der Waals surface area contributed by atoms with Crippen LogP contribution in [-0.2, 0) is 17.8 Å². The Labute approximate surface area is 160 Å². The van der Waals surface area contributed by atoms with Crippen molar-refractivity contribution in [1.82, 2.24) is 19.7 Å². The maximum absolute atomic E-state index is 13.0. The molecule has 5 heteroatoms. The fraction of sp³-hybridized carbons (Fsp3) is 0.591. The standard InChI is InChI=1S/C22H28N4O/c1-16-3-5-17(6-4-16)11-20(27)25-13-19(22(14-25)9-2-10-22)21-24-23-15-26(21)12-18-7-8-18/h3-6,15,18-19H,2,7-14H2,1H3. The summed E-state index contributed by atoms with van der Waals surface area (Å²) in [6, 6.07) is 8.32. The molecular weight excluding hydrogens is 336 g/mol. The monoisotopic (exact) mass is 364 g/mol. The number of hydrogen-bond donors (Lipinski definition) is 0. The fourth-order valence-electron chi connectivity index (χ4n) is 4.90. The first-order valence-electron chi connectivity index (χ1n) is 10.3. The van der Waals surface area contributed by atoms with Gasteiger partial charge in [0.15, 0.2) is 0 Å². The van der Waals surface area contributed by atoms with E-state index in [1.807, 2.05) is 6.33 Å². The number of hydrogen-bond acceptors (Lipinski definition) is 3. The van der Waals surface area contributed by atoms with Crippen LogP contribution in [0.1, 0.15) is 55.0 Å². The van der Waals surface area contributed by atoms with Gasteiger partial charge in [0.1, 0.15) is 12.2 Å². The highest BCUT2D eigenvalue weighted by molar-refractivity contribution is 5.79. The molecule has 2 heterocycles. The van der Waals surface area contributed by atoms with Crippen molar-refractivity contribution in [3.63, 3.8) is 0 Å². The van der Waals surface area contributed by atoms with E-state index in [0.717, 1.165) is 36.9 Å². The summed E-state index contributed by atoms with van der Waals surface area (Å²) in [5.41, 5.74) is 2.57. The summed E-state index contributed by atoms with van der Waals surface area (Å²) in [5, 5.41) is 8.75. The number of rotatable bonds is 5. The topological polar surface area (TPSA) is 51.0 Å². The molecule has 0 bridgehead atoms. The molecule has 0 N–H and O–H groups in total. The van der Waals surface area contributed by atoms with Crippen LogP contribution in [0.25, 0.3) is 0 Å². The molecule has 1 aliphatic heterocycles. The van der Waals surface area contributed by atoms with Gasteiger partial charge in [0, 0.05) is 25.6 Å². The van der Waals surface area contributed by atoms with Gasteiger partial charge in [-0.25, -0.2) is 0 Å². The van der Waals surface area contributed by atoms with Crippen molar-refractivity contribution in [2.75, 3.05) is 13.1 Å². The lowest BCUT2D eigenvalue weighted by Gasteiger charge is -2.42. The normalized spacial score (nSPS) is 23.6. The molecule has 1 saturated heterocycles. The molecule has 2 aliphatic carbocycles. The number of carbonyl (C=O) groups excluding carboxylic acids is 1. The second-order valence-corrected chi connectivity index (χ2v) is 8.99. The molecule has 1 aromatic heterocycles. The van der Waals surface area contributed by atoms with E-state index in [1.165, 1.54) is 37.7 Å². The third kappa shape index (κ3) is 3.17. The number of aromatic nitrogens is 3. The van der Waals surface area contributed by atoms with Gasteiger partial charge >= 0.3 is 0 Å². The Bertz CT molecular complexity index is 832. The number of carbonyl (C=O) groups is 1. The van der Waals surface area contributed by atoms with Crippen LogP contribution in [0.4, 0.5) is 0 Å². The molecule has 1 atom stereocenters. The Morgan fingerprint density at radius 3 is 2.67 bits per heavy atom. The minimum atomic E-state index is 0.233. The van der Waals surface area contributed by atoms with Gasteiger partial charge in [0.2, 0.25) is 5.91 Å². The quantitative estimate of drug-likeness (QED) is 0.818. The lowest BCUT2D eigenvalue weighted by molar-refractivity contribution is -0.130. The van der Waals surface area contributed by atoms with Gasteiger partial charge in [-0.2, -0.15) is 0 Å². The molecule has 5 rings (SSSR count). The molecule has 2 aromatic rings. The minimum Gasteiger partial charge on any atom is -0.341 e. The lowest BCUT2D eigenvalue weighted by Crippen LogP contribution is -2.38. The van der Waals surface area contributed by atoms with Crippen LogP contribution in [0.5, 0.6) is 0 Å². The van der Waals surface area contributed by atoms with Gasteiger partial charge in [-0.15, -0.1) is 10.2 Å². The Morgan fingerprint density at radius 2 is 2.00 bits per heavy atom. The van der Waals surface area contributed by atoms with E-state index in [4.69, 9.17) is 0 Å². The molecular formula is C22H28N4O. The number of benzene rings is 1. The minimum absolute atomic E-state index is 0.233. The van der Waals surface area contributed by atoms with Crippen molar-refractivity contribution >= 4 is 5.91 Å². The predicted octanol–water partition coefficient (Wildman–Crippen LogP) is 3.34. The van der Waals surface area contributed by atoms with E-state index < -0.39 is 0 Å².